The van der Waals surface area contributed by atoms with Gasteiger partial charge in [-0.25, -0.2) is 9.07 Å². The van der Waals surface area contributed by atoms with E-state index in [1.807, 2.05) is 0 Å². The van der Waals surface area contributed by atoms with Gasteiger partial charge in [-0.2, -0.15) is 13.9 Å². The lowest BCUT2D eigenvalue weighted by Crippen LogP contribution is -2.29. The average Bonchev–Trinajstić information content (AvgIpc) is 2.48. The standard InChI is InChI=1S/C15H15F3N2O3/c1-8-9(2)19-20(14(22)12(8)7-21)6-10-5-11(16)3-4-13(10)23-15(17)18/h3-5,15,21H,6-7H2,1-2H3. The molecule has 1 heterocycles. The van der Waals surface area contributed by atoms with Gasteiger partial charge in [-0.1, -0.05) is 0 Å². The number of aromatic nitrogens is 2. The first-order chi connectivity index (χ1) is 10.8. The number of ether oxygens (including phenoxy) is 1. The Morgan fingerprint density at radius 1 is 1.35 bits per heavy atom. The van der Waals surface area contributed by atoms with Gasteiger partial charge in [0.15, 0.2) is 0 Å². The summed E-state index contributed by atoms with van der Waals surface area (Å²) in [6.07, 6.45) is 0. The Bertz CT molecular complexity index is 775. The number of alkyl halides is 2. The van der Waals surface area contributed by atoms with Gasteiger partial charge in [0.2, 0.25) is 0 Å². The SMILES string of the molecule is Cc1nn(Cc2cc(F)ccc2OC(F)F)c(=O)c(CO)c1C. The van der Waals surface area contributed by atoms with Crippen LogP contribution in [0.25, 0.3) is 0 Å². The van der Waals surface area contributed by atoms with Gasteiger partial charge >= 0.3 is 6.61 Å². The third kappa shape index (κ3) is 3.70. The smallest absolute Gasteiger partial charge is 0.387 e. The summed E-state index contributed by atoms with van der Waals surface area (Å²) in [6.45, 7) is -0.513. The molecule has 23 heavy (non-hydrogen) atoms. The molecule has 0 aliphatic rings. The van der Waals surface area contributed by atoms with Crippen molar-refractivity contribution in [2.75, 3.05) is 0 Å². The zero-order chi connectivity index (χ0) is 17.1. The highest BCUT2D eigenvalue weighted by molar-refractivity contribution is 5.34. The van der Waals surface area contributed by atoms with E-state index in [4.69, 9.17) is 0 Å². The van der Waals surface area contributed by atoms with Crippen LogP contribution in [-0.2, 0) is 13.2 Å². The van der Waals surface area contributed by atoms with Gasteiger partial charge in [-0.3, -0.25) is 4.79 Å². The number of aliphatic hydroxyl groups excluding tert-OH is 1. The lowest BCUT2D eigenvalue weighted by atomic mass is 10.1. The predicted octanol–water partition coefficient (Wildman–Crippen LogP) is 2.14. The van der Waals surface area contributed by atoms with Crippen LogP contribution in [0.5, 0.6) is 5.75 Å². The van der Waals surface area contributed by atoms with E-state index < -0.39 is 24.6 Å². The van der Waals surface area contributed by atoms with E-state index >= 15 is 0 Å². The fourth-order valence-corrected chi connectivity index (χ4v) is 2.17. The molecule has 0 aliphatic heterocycles. The molecule has 0 radical (unpaired) electrons. The van der Waals surface area contributed by atoms with Gasteiger partial charge in [0, 0.05) is 11.1 Å². The highest BCUT2D eigenvalue weighted by Crippen LogP contribution is 2.22. The van der Waals surface area contributed by atoms with Crippen molar-refractivity contribution in [2.24, 2.45) is 0 Å². The van der Waals surface area contributed by atoms with E-state index in [0.29, 0.717) is 11.3 Å². The van der Waals surface area contributed by atoms with Crippen LogP contribution in [0.15, 0.2) is 23.0 Å². The number of halogens is 3. The Morgan fingerprint density at radius 2 is 2.04 bits per heavy atom. The Morgan fingerprint density at radius 3 is 2.65 bits per heavy atom. The minimum absolute atomic E-state index is 0.0482. The molecule has 0 bridgehead atoms. The summed E-state index contributed by atoms with van der Waals surface area (Å²) < 4.78 is 43.5. The summed E-state index contributed by atoms with van der Waals surface area (Å²) in [4.78, 5) is 12.3. The van der Waals surface area contributed by atoms with E-state index in [9.17, 15) is 23.1 Å². The van der Waals surface area contributed by atoms with Crippen molar-refractivity contribution in [1.29, 1.82) is 0 Å². The van der Waals surface area contributed by atoms with Crippen LogP contribution in [0.3, 0.4) is 0 Å². The molecular formula is C15H15F3N2O3. The summed E-state index contributed by atoms with van der Waals surface area (Å²) >= 11 is 0. The summed E-state index contributed by atoms with van der Waals surface area (Å²) in [5.74, 6) is -0.889. The molecule has 0 fully saturated rings. The molecule has 2 aromatic rings. The summed E-state index contributed by atoms with van der Waals surface area (Å²) in [7, 11) is 0. The van der Waals surface area contributed by atoms with Gasteiger partial charge < -0.3 is 9.84 Å². The fourth-order valence-electron chi connectivity index (χ4n) is 2.17. The quantitative estimate of drug-likeness (QED) is 0.913. The second kappa shape index (κ2) is 6.82. The zero-order valence-corrected chi connectivity index (χ0v) is 12.5. The first-order valence-corrected chi connectivity index (χ1v) is 6.74. The molecule has 1 aromatic heterocycles. The zero-order valence-electron chi connectivity index (χ0n) is 12.5. The Labute approximate surface area is 129 Å². The van der Waals surface area contributed by atoms with Crippen LogP contribution < -0.4 is 10.3 Å². The molecule has 0 aliphatic carbocycles. The van der Waals surface area contributed by atoms with Crippen molar-refractivity contribution >= 4 is 0 Å². The van der Waals surface area contributed by atoms with Crippen molar-refractivity contribution in [3.05, 3.63) is 56.8 Å². The maximum Gasteiger partial charge on any atom is 0.387 e. The van der Waals surface area contributed by atoms with Crippen molar-refractivity contribution < 1.29 is 23.0 Å². The van der Waals surface area contributed by atoms with Gasteiger partial charge in [0.05, 0.1) is 18.8 Å². The van der Waals surface area contributed by atoms with Crippen LogP contribution >= 0.6 is 0 Å². The summed E-state index contributed by atoms with van der Waals surface area (Å²) in [5.41, 5.74) is 0.693. The van der Waals surface area contributed by atoms with Crippen molar-refractivity contribution in [1.82, 2.24) is 9.78 Å². The minimum Gasteiger partial charge on any atom is -0.434 e. The van der Waals surface area contributed by atoms with Crippen LogP contribution in [0.2, 0.25) is 0 Å². The van der Waals surface area contributed by atoms with Crippen LogP contribution in [0.4, 0.5) is 13.2 Å². The Kier molecular flexibility index (Phi) is 5.05. The molecule has 1 aromatic carbocycles. The van der Waals surface area contributed by atoms with E-state index in [2.05, 4.69) is 9.84 Å². The maximum atomic E-state index is 13.4. The highest BCUT2D eigenvalue weighted by Gasteiger charge is 2.15. The first kappa shape index (κ1) is 17.0. The summed E-state index contributed by atoms with van der Waals surface area (Å²) in [5, 5.41) is 13.4. The Balaban J connectivity index is 2.49. The molecule has 8 heteroatoms. The molecule has 124 valence electrons. The summed E-state index contributed by atoms with van der Waals surface area (Å²) in [6, 6.07) is 3.05. The van der Waals surface area contributed by atoms with E-state index in [0.717, 1.165) is 22.9 Å². The van der Waals surface area contributed by atoms with E-state index in [1.165, 1.54) is 0 Å². The lowest BCUT2D eigenvalue weighted by Gasteiger charge is -2.14. The number of rotatable bonds is 5. The maximum absolute atomic E-state index is 13.4. The number of aliphatic hydroxyl groups is 1. The minimum atomic E-state index is -3.07. The number of hydrogen-bond acceptors (Lipinski definition) is 4. The van der Waals surface area contributed by atoms with Gasteiger partial charge in [-0.15, -0.1) is 0 Å². The highest BCUT2D eigenvalue weighted by atomic mass is 19.3. The van der Waals surface area contributed by atoms with Gasteiger partial charge in [-0.05, 0) is 37.6 Å². The largest absolute Gasteiger partial charge is 0.434 e. The average molecular weight is 328 g/mol. The lowest BCUT2D eigenvalue weighted by molar-refractivity contribution is -0.0505. The van der Waals surface area contributed by atoms with Crippen LogP contribution in [-0.4, -0.2) is 21.5 Å². The Hall–Kier alpha value is -2.35. The normalized spacial score (nSPS) is 11.1. The van der Waals surface area contributed by atoms with Crippen molar-refractivity contribution in [3.8, 4) is 5.75 Å². The molecular weight excluding hydrogens is 313 g/mol. The molecule has 1 N–H and O–H groups in total. The van der Waals surface area contributed by atoms with Crippen molar-refractivity contribution in [2.45, 2.75) is 33.6 Å². The van der Waals surface area contributed by atoms with Crippen LogP contribution in [0, 0.1) is 19.7 Å². The molecule has 2 rings (SSSR count). The van der Waals surface area contributed by atoms with E-state index in [1.54, 1.807) is 13.8 Å². The second-order valence-electron chi connectivity index (χ2n) is 4.94. The first-order valence-electron chi connectivity index (χ1n) is 6.74. The third-order valence-corrected chi connectivity index (χ3v) is 3.48. The monoisotopic (exact) mass is 328 g/mol. The van der Waals surface area contributed by atoms with Gasteiger partial charge in [0.1, 0.15) is 11.6 Å². The van der Waals surface area contributed by atoms with Crippen molar-refractivity contribution in [3.63, 3.8) is 0 Å². The molecule has 0 spiro atoms. The number of aryl methyl sites for hydroxylation is 1. The molecule has 0 amide bonds. The fraction of sp³-hybridized carbons (Fsp3) is 0.333. The van der Waals surface area contributed by atoms with Gasteiger partial charge in [0.25, 0.3) is 5.56 Å². The number of nitrogens with zero attached hydrogens (tertiary/aromatic N) is 2. The second-order valence-corrected chi connectivity index (χ2v) is 4.94. The number of hydrogen-bond donors (Lipinski definition) is 1. The molecule has 0 unspecified atom stereocenters. The van der Waals surface area contributed by atoms with Crippen LogP contribution in [0.1, 0.15) is 22.4 Å². The van der Waals surface area contributed by atoms with E-state index in [-0.39, 0.29) is 23.4 Å². The third-order valence-electron chi connectivity index (χ3n) is 3.48. The predicted molar refractivity (Wildman–Crippen MR) is 76.0 cm³/mol. The number of benzene rings is 1. The topological polar surface area (TPSA) is 64.4 Å². The molecule has 0 saturated heterocycles. The molecule has 5 nitrogen and oxygen atoms in total. The molecule has 0 atom stereocenters. The molecule has 0 saturated carbocycles.